The molecule has 100 valence electrons. The van der Waals surface area contributed by atoms with E-state index in [0.29, 0.717) is 6.07 Å². The molecule has 0 amide bonds. The number of nitrogens with zero attached hydrogens (tertiary/aromatic N) is 1. The number of nitro groups is 1. The molecular formula is C9H12FN3O4S. The van der Waals surface area contributed by atoms with Gasteiger partial charge in [0, 0.05) is 18.7 Å². The summed E-state index contributed by atoms with van der Waals surface area (Å²) in [5.74, 6) is -1.18. The van der Waals surface area contributed by atoms with Crippen molar-refractivity contribution >= 4 is 15.7 Å². The van der Waals surface area contributed by atoms with Gasteiger partial charge in [-0.15, -0.1) is 0 Å². The molecule has 0 aliphatic carbocycles. The first-order chi connectivity index (χ1) is 8.27. The van der Waals surface area contributed by atoms with E-state index in [1.807, 2.05) is 0 Å². The van der Waals surface area contributed by atoms with E-state index >= 15 is 0 Å². The molecule has 0 aliphatic heterocycles. The first kappa shape index (κ1) is 14.5. The van der Waals surface area contributed by atoms with Crippen LogP contribution < -0.4 is 10.5 Å². The van der Waals surface area contributed by atoms with Gasteiger partial charge < -0.3 is 5.73 Å². The molecule has 0 heterocycles. The molecule has 0 radical (unpaired) electrons. The Hall–Kier alpha value is -1.58. The fraction of sp³-hybridized carbons (Fsp3) is 0.333. The van der Waals surface area contributed by atoms with Crippen molar-refractivity contribution in [1.82, 2.24) is 4.72 Å². The first-order valence-corrected chi connectivity index (χ1v) is 6.42. The molecule has 1 aromatic rings. The molecule has 0 saturated heterocycles. The number of nitro benzene ring substituents is 1. The summed E-state index contributed by atoms with van der Waals surface area (Å²) in [6, 6.07) is 1.76. The van der Waals surface area contributed by atoms with Gasteiger partial charge in [-0.3, -0.25) is 10.1 Å². The molecule has 0 fully saturated rings. The minimum Gasteiger partial charge on any atom is -0.329 e. The van der Waals surface area contributed by atoms with E-state index < -0.39 is 37.4 Å². The number of halogens is 1. The van der Waals surface area contributed by atoms with Crippen molar-refractivity contribution in [1.29, 1.82) is 0 Å². The van der Waals surface area contributed by atoms with Crippen LogP contribution in [0.5, 0.6) is 0 Å². The second kappa shape index (κ2) is 5.38. The van der Waals surface area contributed by atoms with Crippen LogP contribution in [-0.2, 0) is 10.0 Å². The molecule has 0 aliphatic rings. The summed E-state index contributed by atoms with van der Waals surface area (Å²) >= 11 is 0. The lowest BCUT2D eigenvalue weighted by Gasteiger charge is -2.12. The van der Waals surface area contributed by atoms with Crippen LogP contribution in [0.15, 0.2) is 23.1 Å². The van der Waals surface area contributed by atoms with Crippen LogP contribution in [0.25, 0.3) is 0 Å². The third-order valence-corrected chi connectivity index (χ3v) is 3.75. The number of hydrogen-bond acceptors (Lipinski definition) is 5. The Morgan fingerprint density at radius 3 is 2.61 bits per heavy atom. The van der Waals surface area contributed by atoms with Crippen LogP contribution in [0, 0.1) is 15.9 Å². The summed E-state index contributed by atoms with van der Waals surface area (Å²) in [6.45, 7) is 1.56. The van der Waals surface area contributed by atoms with E-state index in [4.69, 9.17) is 5.73 Å². The van der Waals surface area contributed by atoms with Crippen molar-refractivity contribution in [3.05, 3.63) is 34.1 Å². The predicted octanol–water partition coefficient (Wildman–Crippen LogP) is 0.359. The number of non-ortho nitro benzene ring substituents is 1. The van der Waals surface area contributed by atoms with E-state index in [9.17, 15) is 22.9 Å². The Balaban J connectivity index is 3.14. The molecule has 1 atom stereocenters. The van der Waals surface area contributed by atoms with Crippen molar-refractivity contribution < 1.29 is 17.7 Å². The average molecular weight is 277 g/mol. The minimum absolute atomic E-state index is 0.0494. The highest BCUT2D eigenvalue weighted by Crippen LogP contribution is 2.20. The summed E-state index contributed by atoms with van der Waals surface area (Å²) in [5.41, 5.74) is 4.73. The third kappa shape index (κ3) is 3.22. The molecule has 3 N–H and O–H groups in total. The maximum atomic E-state index is 13.5. The van der Waals surface area contributed by atoms with Gasteiger partial charge in [0.2, 0.25) is 10.0 Å². The lowest BCUT2D eigenvalue weighted by atomic mass is 10.3. The van der Waals surface area contributed by atoms with Crippen LogP contribution in [0.2, 0.25) is 0 Å². The molecule has 0 spiro atoms. The predicted molar refractivity (Wildman–Crippen MR) is 61.9 cm³/mol. The summed E-state index contributed by atoms with van der Waals surface area (Å²) in [6.07, 6.45) is 0. The van der Waals surface area contributed by atoms with E-state index in [-0.39, 0.29) is 6.54 Å². The monoisotopic (exact) mass is 277 g/mol. The fourth-order valence-electron chi connectivity index (χ4n) is 1.20. The number of rotatable bonds is 5. The number of benzene rings is 1. The van der Waals surface area contributed by atoms with Crippen molar-refractivity contribution in [2.45, 2.75) is 17.9 Å². The topological polar surface area (TPSA) is 115 Å². The normalized spacial score (nSPS) is 13.3. The van der Waals surface area contributed by atoms with Crippen molar-refractivity contribution in [3.63, 3.8) is 0 Å². The van der Waals surface area contributed by atoms with Crippen LogP contribution in [-0.4, -0.2) is 25.9 Å². The third-order valence-electron chi connectivity index (χ3n) is 2.13. The molecule has 0 aromatic heterocycles. The second-order valence-corrected chi connectivity index (χ2v) is 5.31. The lowest BCUT2D eigenvalue weighted by Crippen LogP contribution is -2.38. The molecule has 1 rings (SSSR count). The Kier molecular flexibility index (Phi) is 4.33. The number of sulfonamides is 1. The standard InChI is InChI=1S/C9H12FN3O4S/c1-6(5-11)12-18(16,17)9-3-2-7(13(14)15)4-8(9)10/h2-4,6,12H,5,11H2,1H3/t6-/m1/s1. The van der Waals surface area contributed by atoms with Crippen LogP contribution in [0.3, 0.4) is 0 Å². The Bertz CT molecular complexity index is 561. The van der Waals surface area contributed by atoms with Gasteiger partial charge in [0.15, 0.2) is 0 Å². The maximum Gasteiger partial charge on any atom is 0.272 e. The zero-order valence-electron chi connectivity index (χ0n) is 9.46. The van der Waals surface area contributed by atoms with Crippen LogP contribution in [0.4, 0.5) is 10.1 Å². The van der Waals surface area contributed by atoms with Crippen molar-refractivity contribution in [2.75, 3.05) is 6.54 Å². The molecule has 9 heteroatoms. The van der Waals surface area contributed by atoms with Gasteiger partial charge in [0.25, 0.3) is 5.69 Å². The first-order valence-electron chi connectivity index (χ1n) is 4.94. The smallest absolute Gasteiger partial charge is 0.272 e. The zero-order valence-corrected chi connectivity index (χ0v) is 10.3. The highest BCUT2D eigenvalue weighted by atomic mass is 32.2. The van der Waals surface area contributed by atoms with E-state index in [1.54, 1.807) is 0 Å². The summed E-state index contributed by atoms with van der Waals surface area (Å²) in [4.78, 5) is 8.94. The van der Waals surface area contributed by atoms with E-state index in [2.05, 4.69) is 4.72 Å². The highest BCUT2D eigenvalue weighted by molar-refractivity contribution is 7.89. The molecule has 0 unspecified atom stereocenters. The molecule has 18 heavy (non-hydrogen) atoms. The molecular weight excluding hydrogens is 265 g/mol. The number of nitrogens with two attached hydrogens (primary N) is 1. The van der Waals surface area contributed by atoms with Crippen LogP contribution >= 0.6 is 0 Å². The van der Waals surface area contributed by atoms with E-state index in [0.717, 1.165) is 12.1 Å². The van der Waals surface area contributed by atoms with Gasteiger partial charge in [0.05, 0.1) is 11.0 Å². The SMILES string of the molecule is C[C@H](CN)NS(=O)(=O)c1ccc([N+](=O)[O-])cc1F. The molecule has 7 nitrogen and oxygen atoms in total. The van der Waals surface area contributed by atoms with Gasteiger partial charge in [-0.1, -0.05) is 0 Å². The lowest BCUT2D eigenvalue weighted by molar-refractivity contribution is -0.385. The van der Waals surface area contributed by atoms with Gasteiger partial charge in [-0.05, 0) is 13.0 Å². The fourth-order valence-corrected chi connectivity index (χ4v) is 2.51. The van der Waals surface area contributed by atoms with Gasteiger partial charge in [-0.2, -0.15) is 0 Å². The molecule has 0 bridgehead atoms. The highest BCUT2D eigenvalue weighted by Gasteiger charge is 2.22. The van der Waals surface area contributed by atoms with Gasteiger partial charge in [0.1, 0.15) is 10.7 Å². The van der Waals surface area contributed by atoms with Crippen LogP contribution in [0.1, 0.15) is 6.92 Å². The van der Waals surface area contributed by atoms with Crippen molar-refractivity contribution in [3.8, 4) is 0 Å². The Morgan fingerprint density at radius 2 is 2.17 bits per heavy atom. The average Bonchev–Trinajstić information content (AvgIpc) is 2.27. The summed E-state index contributed by atoms with van der Waals surface area (Å²) in [7, 11) is -4.07. The quantitative estimate of drug-likeness (QED) is 0.595. The van der Waals surface area contributed by atoms with E-state index in [1.165, 1.54) is 6.92 Å². The second-order valence-electron chi connectivity index (χ2n) is 3.63. The maximum absolute atomic E-state index is 13.5. The summed E-state index contributed by atoms with van der Waals surface area (Å²) < 4.78 is 39.1. The number of nitrogens with one attached hydrogen (secondary N) is 1. The largest absolute Gasteiger partial charge is 0.329 e. The molecule has 0 saturated carbocycles. The van der Waals surface area contributed by atoms with Crippen molar-refractivity contribution in [2.24, 2.45) is 5.73 Å². The van der Waals surface area contributed by atoms with Gasteiger partial charge in [-0.25, -0.2) is 17.5 Å². The van der Waals surface area contributed by atoms with Gasteiger partial charge >= 0.3 is 0 Å². The zero-order chi connectivity index (χ0) is 13.9. The summed E-state index contributed by atoms with van der Waals surface area (Å²) in [5, 5.41) is 10.4. The molecule has 1 aromatic carbocycles. The number of hydrogen-bond donors (Lipinski definition) is 2. The minimum atomic E-state index is -4.07. The Morgan fingerprint density at radius 1 is 1.56 bits per heavy atom. The Labute approximate surface area is 103 Å².